The first kappa shape index (κ1) is 14.0. The summed E-state index contributed by atoms with van der Waals surface area (Å²) in [7, 11) is 0. The predicted octanol–water partition coefficient (Wildman–Crippen LogP) is 2.89. The van der Waals surface area contributed by atoms with Gasteiger partial charge in [0.15, 0.2) is 0 Å². The number of rotatable bonds is 5. The summed E-state index contributed by atoms with van der Waals surface area (Å²) >= 11 is 0. The first-order valence-electron chi connectivity index (χ1n) is 6.73. The Kier molecular flexibility index (Phi) is 4.31. The minimum absolute atomic E-state index is 0.513. The fraction of sp³-hybridized carbons (Fsp3) is 0.312. The third-order valence-electron chi connectivity index (χ3n) is 3.30. The van der Waals surface area contributed by atoms with Crippen LogP contribution in [0, 0.1) is 18.3 Å². The Morgan fingerprint density at radius 2 is 2.00 bits per heavy atom. The normalized spacial score (nSPS) is 10.2. The number of ether oxygens (including phenoxy) is 1. The van der Waals surface area contributed by atoms with Gasteiger partial charge in [0, 0.05) is 5.69 Å². The Hall–Kier alpha value is -2.41. The van der Waals surface area contributed by atoms with Crippen LogP contribution < -0.4 is 10.5 Å². The molecule has 1 aromatic heterocycles. The molecule has 2 N–H and O–H groups in total. The van der Waals surface area contributed by atoms with Crippen molar-refractivity contribution < 1.29 is 4.74 Å². The van der Waals surface area contributed by atoms with Gasteiger partial charge in [-0.1, -0.05) is 24.6 Å². The molecule has 0 amide bonds. The SMILES string of the molecule is CCc1c(N)cc(C#N)n1CCOc1ccc(C)cc1. The number of aromatic nitrogens is 1. The zero-order valence-electron chi connectivity index (χ0n) is 11.9. The van der Waals surface area contributed by atoms with E-state index in [0.29, 0.717) is 24.5 Å². The summed E-state index contributed by atoms with van der Waals surface area (Å²) in [5, 5.41) is 9.13. The molecular formula is C16H19N3O. The van der Waals surface area contributed by atoms with Crippen molar-refractivity contribution in [1.82, 2.24) is 4.57 Å². The molecular weight excluding hydrogens is 250 g/mol. The molecule has 1 heterocycles. The van der Waals surface area contributed by atoms with Crippen LogP contribution in [-0.4, -0.2) is 11.2 Å². The number of aryl methyl sites for hydroxylation is 1. The molecule has 0 aliphatic heterocycles. The molecule has 0 atom stereocenters. The molecule has 4 heteroatoms. The standard InChI is InChI=1S/C16H19N3O/c1-3-16-15(18)10-13(11-17)19(16)8-9-20-14-6-4-12(2)5-7-14/h4-7,10H,3,8-9,18H2,1-2H3. The molecule has 20 heavy (non-hydrogen) atoms. The summed E-state index contributed by atoms with van der Waals surface area (Å²) in [6, 6.07) is 11.8. The van der Waals surface area contributed by atoms with E-state index in [1.807, 2.05) is 42.7 Å². The van der Waals surface area contributed by atoms with Crippen molar-refractivity contribution in [3.05, 3.63) is 47.3 Å². The number of nitriles is 1. The van der Waals surface area contributed by atoms with E-state index in [9.17, 15) is 0 Å². The van der Waals surface area contributed by atoms with Crippen molar-refractivity contribution in [2.24, 2.45) is 0 Å². The van der Waals surface area contributed by atoms with E-state index in [2.05, 4.69) is 6.07 Å². The molecule has 0 radical (unpaired) electrons. The molecule has 104 valence electrons. The maximum absolute atomic E-state index is 9.13. The fourth-order valence-electron chi connectivity index (χ4n) is 2.24. The molecule has 0 aliphatic rings. The average molecular weight is 269 g/mol. The van der Waals surface area contributed by atoms with Crippen LogP contribution in [-0.2, 0) is 13.0 Å². The Balaban J connectivity index is 2.04. The minimum atomic E-state index is 0.513. The molecule has 0 saturated heterocycles. The van der Waals surface area contributed by atoms with Gasteiger partial charge in [0.05, 0.1) is 12.2 Å². The monoisotopic (exact) mass is 269 g/mol. The van der Waals surface area contributed by atoms with Crippen LogP contribution in [0.5, 0.6) is 5.75 Å². The molecule has 0 saturated carbocycles. The maximum atomic E-state index is 9.13. The molecule has 0 unspecified atom stereocenters. The number of nitrogens with zero attached hydrogens (tertiary/aromatic N) is 2. The number of benzene rings is 1. The van der Waals surface area contributed by atoms with Gasteiger partial charge in [-0.25, -0.2) is 0 Å². The van der Waals surface area contributed by atoms with Gasteiger partial charge in [-0.05, 0) is 31.5 Å². The maximum Gasteiger partial charge on any atom is 0.122 e. The van der Waals surface area contributed by atoms with Crippen molar-refractivity contribution in [3.8, 4) is 11.8 Å². The van der Waals surface area contributed by atoms with E-state index in [-0.39, 0.29) is 0 Å². The highest BCUT2D eigenvalue weighted by molar-refractivity contribution is 5.50. The minimum Gasteiger partial charge on any atom is -0.492 e. The number of nitrogen functional groups attached to an aromatic ring is 1. The van der Waals surface area contributed by atoms with Gasteiger partial charge in [-0.15, -0.1) is 0 Å². The lowest BCUT2D eigenvalue weighted by atomic mass is 10.2. The highest BCUT2D eigenvalue weighted by Gasteiger charge is 2.11. The van der Waals surface area contributed by atoms with Gasteiger partial charge in [0.25, 0.3) is 0 Å². The molecule has 0 spiro atoms. The Morgan fingerprint density at radius 3 is 2.60 bits per heavy atom. The zero-order valence-corrected chi connectivity index (χ0v) is 11.9. The van der Waals surface area contributed by atoms with Crippen molar-refractivity contribution >= 4 is 5.69 Å². The highest BCUT2D eigenvalue weighted by atomic mass is 16.5. The van der Waals surface area contributed by atoms with Crippen molar-refractivity contribution in [2.75, 3.05) is 12.3 Å². The Bertz CT molecular complexity index is 620. The van der Waals surface area contributed by atoms with Crippen LogP contribution in [0.4, 0.5) is 5.69 Å². The second kappa shape index (κ2) is 6.16. The van der Waals surface area contributed by atoms with Gasteiger partial charge in [0.2, 0.25) is 0 Å². The largest absolute Gasteiger partial charge is 0.492 e. The zero-order chi connectivity index (χ0) is 14.5. The average Bonchev–Trinajstić information content (AvgIpc) is 2.76. The lowest BCUT2D eigenvalue weighted by Gasteiger charge is -2.11. The third kappa shape index (κ3) is 2.94. The van der Waals surface area contributed by atoms with Crippen molar-refractivity contribution in [1.29, 1.82) is 5.26 Å². The van der Waals surface area contributed by atoms with E-state index in [0.717, 1.165) is 17.9 Å². The lowest BCUT2D eigenvalue weighted by Crippen LogP contribution is -2.12. The van der Waals surface area contributed by atoms with Crippen LogP contribution in [0.2, 0.25) is 0 Å². The summed E-state index contributed by atoms with van der Waals surface area (Å²) in [6.07, 6.45) is 0.804. The van der Waals surface area contributed by atoms with Crippen LogP contribution in [0.15, 0.2) is 30.3 Å². The molecule has 2 aromatic rings. The van der Waals surface area contributed by atoms with Crippen LogP contribution in [0.3, 0.4) is 0 Å². The first-order valence-corrected chi connectivity index (χ1v) is 6.73. The number of hydrogen-bond donors (Lipinski definition) is 1. The molecule has 1 aromatic carbocycles. The smallest absolute Gasteiger partial charge is 0.122 e. The van der Waals surface area contributed by atoms with E-state index in [4.69, 9.17) is 15.7 Å². The summed E-state index contributed by atoms with van der Waals surface area (Å²) in [4.78, 5) is 0. The summed E-state index contributed by atoms with van der Waals surface area (Å²) in [5.41, 5.74) is 9.38. The van der Waals surface area contributed by atoms with Gasteiger partial charge >= 0.3 is 0 Å². The molecule has 4 nitrogen and oxygen atoms in total. The molecule has 0 bridgehead atoms. The van der Waals surface area contributed by atoms with Crippen LogP contribution in [0.1, 0.15) is 23.9 Å². The summed E-state index contributed by atoms with van der Waals surface area (Å²) in [6.45, 7) is 5.21. The second-order valence-electron chi connectivity index (χ2n) is 4.71. The van der Waals surface area contributed by atoms with Crippen LogP contribution >= 0.6 is 0 Å². The quantitative estimate of drug-likeness (QED) is 0.907. The van der Waals surface area contributed by atoms with E-state index in [1.165, 1.54) is 5.56 Å². The Morgan fingerprint density at radius 1 is 1.30 bits per heavy atom. The summed E-state index contributed by atoms with van der Waals surface area (Å²) < 4.78 is 7.64. The third-order valence-corrected chi connectivity index (χ3v) is 3.30. The molecule has 0 aliphatic carbocycles. The van der Waals surface area contributed by atoms with Gasteiger partial charge in [0.1, 0.15) is 24.1 Å². The van der Waals surface area contributed by atoms with Gasteiger partial charge < -0.3 is 15.0 Å². The van der Waals surface area contributed by atoms with E-state index < -0.39 is 0 Å². The number of hydrogen-bond acceptors (Lipinski definition) is 3. The molecule has 0 fully saturated rings. The van der Waals surface area contributed by atoms with E-state index in [1.54, 1.807) is 6.07 Å². The van der Waals surface area contributed by atoms with Crippen LogP contribution in [0.25, 0.3) is 0 Å². The fourth-order valence-corrected chi connectivity index (χ4v) is 2.24. The first-order chi connectivity index (χ1) is 9.65. The van der Waals surface area contributed by atoms with Crippen molar-refractivity contribution in [2.45, 2.75) is 26.8 Å². The number of nitrogens with two attached hydrogens (primary N) is 1. The second-order valence-corrected chi connectivity index (χ2v) is 4.71. The predicted molar refractivity (Wildman–Crippen MR) is 79.6 cm³/mol. The van der Waals surface area contributed by atoms with E-state index >= 15 is 0 Å². The topological polar surface area (TPSA) is 64.0 Å². The number of anilines is 1. The van der Waals surface area contributed by atoms with Gasteiger partial charge in [-0.2, -0.15) is 5.26 Å². The molecule has 2 rings (SSSR count). The highest BCUT2D eigenvalue weighted by Crippen LogP contribution is 2.19. The van der Waals surface area contributed by atoms with Gasteiger partial charge in [-0.3, -0.25) is 0 Å². The lowest BCUT2D eigenvalue weighted by molar-refractivity contribution is 0.296. The Labute approximate surface area is 119 Å². The summed E-state index contributed by atoms with van der Waals surface area (Å²) in [5.74, 6) is 0.840. The van der Waals surface area contributed by atoms with Crippen molar-refractivity contribution in [3.63, 3.8) is 0 Å².